The highest BCUT2D eigenvalue weighted by molar-refractivity contribution is 5.57. The van der Waals surface area contributed by atoms with Crippen LogP contribution in [0.4, 0.5) is 10.2 Å². The van der Waals surface area contributed by atoms with Gasteiger partial charge >= 0.3 is 0 Å². The number of anilines is 1. The van der Waals surface area contributed by atoms with E-state index in [1.165, 1.54) is 25.0 Å². The van der Waals surface area contributed by atoms with Crippen molar-refractivity contribution in [1.82, 2.24) is 15.3 Å². The summed E-state index contributed by atoms with van der Waals surface area (Å²) < 4.78 is 18.3. The summed E-state index contributed by atoms with van der Waals surface area (Å²) in [6, 6.07) is 8.14. The second kappa shape index (κ2) is 8.17. The van der Waals surface area contributed by atoms with Crippen molar-refractivity contribution in [2.75, 3.05) is 32.1 Å². The summed E-state index contributed by atoms with van der Waals surface area (Å²) in [7, 11) is 1.64. The number of nitrogens with one attached hydrogen (secondary N) is 2. The molecule has 0 unspecified atom stereocenters. The molecule has 1 aliphatic heterocycles. The number of ether oxygens (including phenoxy) is 1. The first-order valence-electron chi connectivity index (χ1n) is 8.32. The fourth-order valence-electron chi connectivity index (χ4n) is 2.87. The van der Waals surface area contributed by atoms with Crippen LogP contribution in [0.25, 0.3) is 11.4 Å². The molecular weight excluding hydrogens is 307 g/mol. The third kappa shape index (κ3) is 4.49. The highest BCUT2D eigenvalue weighted by atomic mass is 19.1. The Morgan fingerprint density at radius 2 is 1.96 bits per heavy atom. The van der Waals surface area contributed by atoms with E-state index >= 15 is 0 Å². The van der Waals surface area contributed by atoms with E-state index in [2.05, 4.69) is 20.6 Å². The fourth-order valence-corrected chi connectivity index (χ4v) is 2.87. The molecule has 2 heterocycles. The standard InChI is InChI=1S/C18H23FN4O/c1-24-12-16-10-17(21-11-13-6-8-20-9-7-13)23-18(22-16)14-2-4-15(19)5-3-14/h2-5,10,13,20H,6-9,11-12H2,1H3,(H,21,22,23). The molecule has 128 valence electrons. The summed E-state index contributed by atoms with van der Waals surface area (Å²) in [6.07, 6.45) is 2.35. The second-order valence-corrected chi connectivity index (χ2v) is 6.08. The van der Waals surface area contributed by atoms with Gasteiger partial charge in [-0.25, -0.2) is 14.4 Å². The smallest absolute Gasteiger partial charge is 0.161 e. The molecule has 0 bridgehead atoms. The van der Waals surface area contributed by atoms with E-state index < -0.39 is 0 Å². The fraction of sp³-hybridized carbons (Fsp3) is 0.444. The van der Waals surface area contributed by atoms with Gasteiger partial charge in [0.25, 0.3) is 0 Å². The van der Waals surface area contributed by atoms with Gasteiger partial charge in [0.2, 0.25) is 0 Å². The first-order valence-corrected chi connectivity index (χ1v) is 8.32. The van der Waals surface area contributed by atoms with Gasteiger partial charge in [-0.3, -0.25) is 0 Å². The van der Waals surface area contributed by atoms with Gasteiger partial charge in [-0.15, -0.1) is 0 Å². The molecule has 1 aromatic carbocycles. The number of aromatic nitrogens is 2. The molecule has 0 aliphatic carbocycles. The van der Waals surface area contributed by atoms with Crippen molar-refractivity contribution in [3.8, 4) is 11.4 Å². The lowest BCUT2D eigenvalue weighted by Gasteiger charge is -2.23. The molecule has 6 heteroatoms. The van der Waals surface area contributed by atoms with Crippen LogP contribution >= 0.6 is 0 Å². The van der Waals surface area contributed by atoms with Gasteiger partial charge in [0.05, 0.1) is 12.3 Å². The molecule has 0 radical (unpaired) electrons. The van der Waals surface area contributed by atoms with Crippen LogP contribution in [-0.4, -0.2) is 36.7 Å². The number of methoxy groups -OCH3 is 1. The van der Waals surface area contributed by atoms with E-state index in [-0.39, 0.29) is 5.82 Å². The van der Waals surface area contributed by atoms with Crippen molar-refractivity contribution in [3.63, 3.8) is 0 Å². The van der Waals surface area contributed by atoms with Crippen LogP contribution in [0.2, 0.25) is 0 Å². The predicted molar refractivity (Wildman–Crippen MR) is 92.2 cm³/mol. The molecule has 1 saturated heterocycles. The molecule has 0 atom stereocenters. The lowest BCUT2D eigenvalue weighted by molar-refractivity contribution is 0.181. The van der Waals surface area contributed by atoms with Gasteiger partial charge < -0.3 is 15.4 Å². The maximum atomic E-state index is 13.1. The van der Waals surface area contributed by atoms with E-state index in [4.69, 9.17) is 4.74 Å². The molecule has 0 saturated carbocycles. The molecule has 24 heavy (non-hydrogen) atoms. The number of nitrogens with zero attached hydrogens (tertiary/aromatic N) is 2. The third-order valence-corrected chi connectivity index (χ3v) is 4.20. The number of piperidine rings is 1. The normalized spacial score (nSPS) is 15.4. The van der Waals surface area contributed by atoms with Gasteiger partial charge in [-0.05, 0) is 56.1 Å². The van der Waals surface area contributed by atoms with Crippen LogP contribution in [0.1, 0.15) is 18.5 Å². The van der Waals surface area contributed by atoms with E-state index in [0.717, 1.165) is 36.7 Å². The van der Waals surface area contributed by atoms with Crippen molar-refractivity contribution in [2.24, 2.45) is 5.92 Å². The molecule has 2 aromatic rings. The Kier molecular flexibility index (Phi) is 5.72. The molecular formula is C18H23FN4O. The van der Waals surface area contributed by atoms with E-state index in [0.29, 0.717) is 18.3 Å². The van der Waals surface area contributed by atoms with Crippen LogP contribution in [0.3, 0.4) is 0 Å². The van der Waals surface area contributed by atoms with Crippen molar-refractivity contribution in [1.29, 1.82) is 0 Å². The summed E-state index contributed by atoms with van der Waals surface area (Å²) in [5, 5.41) is 6.80. The minimum Gasteiger partial charge on any atom is -0.378 e. The van der Waals surface area contributed by atoms with Gasteiger partial charge in [0.1, 0.15) is 11.6 Å². The molecule has 0 spiro atoms. The molecule has 1 aliphatic rings. The lowest BCUT2D eigenvalue weighted by atomic mass is 9.98. The summed E-state index contributed by atoms with van der Waals surface area (Å²) in [4.78, 5) is 9.09. The van der Waals surface area contributed by atoms with Crippen molar-refractivity contribution in [3.05, 3.63) is 41.8 Å². The van der Waals surface area contributed by atoms with Gasteiger partial charge in [0, 0.05) is 25.3 Å². The number of hydrogen-bond acceptors (Lipinski definition) is 5. The number of benzene rings is 1. The zero-order valence-corrected chi connectivity index (χ0v) is 13.9. The first kappa shape index (κ1) is 16.8. The maximum Gasteiger partial charge on any atom is 0.161 e. The summed E-state index contributed by atoms with van der Waals surface area (Å²) >= 11 is 0. The Morgan fingerprint density at radius 3 is 2.67 bits per heavy atom. The number of halogens is 1. The Labute approximate surface area is 141 Å². The molecule has 1 fully saturated rings. The summed E-state index contributed by atoms with van der Waals surface area (Å²) in [6.45, 7) is 3.46. The quantitative estimate of drug-likeness (QED) is 0.853. The summed E-state index contributed by atoms with van der Waals surface area (Å²) in [5.41, 5.74) is 1.60. The van der Waals surface area contributed by atoms with Crippen LogP contribution in [0.5, 0.6) is 0 Å². The van der Waals surface area contributed by atoms with Crippen LogP contribution in [-0.2, 0) is 11.3 Å². The molecule has 2 N–H and O–H groups in total. The average molecular weight is 330 g/mol. The SMILES string of the molecule is COCc1cc(NCC2CCNCC2)nc(-c2ccc(F)cc2)n1. The largest absolute Gasteiger partial charge is 0.378 e. The second-order valence-electron chi connectivity index (χ2n) is 6.08. The van der Waals surface area contributed by atoms with Gasteiger partial charge in [-0.1, -0.05) is 0 Å². The van der Waals surface area contributed by atoms with Crippen LogP contribution < -0.4 is 10.6 Å². The maximum absolute atomic E-state index is 13.1. The minimum absolute atomic E-state index is 0.268. The van der Waals surface area contributed by atoms with E-state index in [1.807, 2.05) is 6.07 Å². The Morgan fingerprint density at radius 1 is 1.21 bits per heavy atom. The highest BCUT2D eigenvalue weighted by Gasteiger charge is 2.14. The molecule has 0 amide bonds. The van der Waals surface area contributed by atoms with Gasteiger partial charge in [0.15, 0.2) is 5.82 Å². The Bertz CT molecular complexity index is 657. The zero-order valence-electron chi connectivity index (χ0n) is 13.9. The Hall–Kier alpha value is -2.05. The predicted octanol–water partition coefficient (Wildman–Crippen LogP) is 2.84. The topological polar surface area (TPSA) is 59.1 Å². The highest BCUT2D eigenvalue weighted by Crippen LogP contribution is 2.20. The van der Waals surface area contributed by atoms with E-state index in [1.54, 1.807) is 19.2 Å². The van der Waals surface area contributed by atoms with Crippen molar-refractivity contribution >= 4 is 5.82 Å². The Balaban J connectivity index is 1.78. The van der Waals surface area contributed by atoms with Crippen molar-refractivity contribution < 1.29 is 9.13 Å². The van der Waals surface area contributed by atoms with E-state index in [9.17, 15) is 4.39 Å². The zero-order chi connectivity index (χ0) is 16.8. The number of hydrogen-bond donors (Lipinski definition) is 2. The lowest BCUT2D eigenvalue weighted by Crippen LogP contribution is -2.31. The minimum atomic E-state index is -0.268. The summed E-state index contributed by atoms with van der Waals surface area (Å²) in [5.74, 6) is 1.75. The molecule has 5 nitrogen and oxygen atoms in total. The van der Waals surface area contributed by atoms with Gasteiger partial charge in [-0.2, -0.15) is 0 Å². The molecule has 1 aromatic heterocycles. The average Bonchev–Trinajstić information content (AvgIpc) is 2.62. The molecule has 3 rings (SSSR count). The first-order chi connectivity index (χ1) is 11.7. The van der Waals surface area contributed by atoms with Crippen LogP contribution in [0, 0.1) is 11.7 Å². The number of rotatable bonds is 6. The third-order valence-electron chi connectivity index (χ3n) is 4.20. The monoisotopic (exact) mass is 330 g/mol. The van der Waals surface area contributed by atoms with Crippen molar-refractivity contribution in [2.45, 2.75) is 19.4 Å². The van der Waals surface area contributed by atoms with Crippen LogP contribution in [0.15, 0.2) is 30.3 Å².